The molecule has 9 nitrogen and oxygen atoms in total. The summed E-state index contributed by atoms with van der Waals surface area (Å²) in [4.78, 5) is 19.8. The number of aromatic hydroxyl groups is 1. The fourth-order valence-electron chi connectivity index (χ4n) is 3.98. The third kappa shape index (κ3) is 3.56. The first-order valence-electron chi connectivity index (χ1n) is 9.62. The molecule has 0 bridgehead atoms. The lowest BCUT2D eigenvalue weighted by atomic mass is 9.93. The fourth-order valence-corrected chi connectivity index (χ4v) is 5.07. The van der Waals surface area contributed by atoms with Crippen LogP contribution in [0.15, 0.2) is 24.5 Å². The van der Waals surface area contributed by atoms with Crippen molar-refractivity contribution in [2.24, 2.45) is 5.92 Å². The summed E-state index contributed by atoms with van der Waals surface area (Å²) >= 11 is 1.40. The van der Waals surface area contributed by atoms with Gasteiger partial charge in [-0.3, -0.25) is 9.69 Å². The van der Waals surface area contributed by atoms with Gasteiger partial charge in [0.25, 0.3) is 0 Å². The smallest absolute Gasteiger partial charge is 0.308 e. The maximum atomic E-state index is 11.9. The Morgan fingerprint density at radius 2 is 1.93 bits per heavy atom. The number of aromatic nitrogens is 3. The first-order chi connectivity index (χ1) is 14.6. The molecule has 1 N–H and O–H groups in total. The van der Waals surface area contributed by atoms with Crippen molar-refractivity contribution in [3.63, 3.8) is 0 Å². The number of esters is 1. The van der Waals surface area contributed by atoms with E-state index in [1.165, 1.54) is 29.3 Å². The van der Waals surface area contributed by atoms with Gasteiger partial charge in [-0.2, -0.15) is 9.61 Å². The van der Waals surface area contributed by atoms with Crippen LogP contribution >= 0.6 is 11.3 Å². The highest BCUT2D eigenvalue weighted by Gasteiger charge is 2.34. The van der Waals surface area contributed by atoms with E-state index >= 15 is 0 Å². The molecule has 1 unspecified atom stereocenters. The van der Waals surface area contributed by atoms with Gasteiger partial charge in [0.2, 0.25) is 10.8 Å². The van der Waals surface area contributed by atoms with E-state index in [4.69, 9.17) is 14.2 Å². The van der Waals surface area contributed by atoms with Crippen molar-refractivity contribution >= 4 is 22.3 Å². The number of hydrogen-bond acceptors (Lipinski definition) is 9. The normalized spacial score (nSPS) is 16.5. The Kier molecular flexibility index (Phi) is 5.78. The topological polar surface area (TPSA) is 98.4 Å². The van der Waals surface area contributed by atoms with E-state index in [1.54, 1.807) is 14.2 Å². The molecule has 3 aromatic rings. The molecule has 1 fully saturated rings. The monoisotopic (exact) mass is 432 g/mol. The van der Waals surface area contributed by atoms with Gasteiger partial charge in [0, 0.05) is 0 Å². The van der Waals surface area contributed by atoms with Gasteiger partial charge in [0.05, 0.1) is 38.2 Å². The van der Waals surface area contributed by atoms with E-state index in [2.05, 4.69) is 15.0 Å². The Balaban J connectivity index is 1.73. The van der Waals surface area contributed by atoms with E-state index in [0.717, 1.165) is 10.4 Å². The molecule has 10 heteroatoms. The van der Waals surface area contributed by atoms with Gasteiger partial charge in [-0.25, -0.2) is 4.98 Å². The first-order valence-corrected chi connectivity index (χ1v) is 10.4. The molecule has 0 aliphatic carbocycles. The molecular formula is C20H24N4O5S. The number of benzene rings is 1. The van der Waals surface area contributed by atoms with Gasteiger partial charge in [-0.15, -0.1) is 0 Å². The number of ether oxygens (including phenoxy) is 3. The standard InChI is InChI=1S/C20H24N4O5S/c1-27-14-5-4-13(10-15(14)28-2)16(17-18(25)24-20(30-17)21-11-22-24)23-8-6-12(7-9-23)19(26)29-3/h4-5,10-12,16,25H,6-9H2,1-3H3. The van der Waals surface area contributed by atoms with Crippen LogP contribution < -0.4 is 9.47 Å². The lowest BCUT2D eigenvalue weighted by molar-refractivity contribution is -0.147. The highest BCUT2D eigenvalue weighted by Crippen LogP contribution is 2.43. The van der Waals surface area contributed by atoms with Gasteiger partial charge in [0.15, 0.2) is 11.5 Å². The number of rotatable bonds is 6. The number of carbonyl (C=O) groups excluding carboxylic acids is 1. The Hall–Kier alpha value is -2.85. The summed E-state index contributed by atoms with van der Waals surface area (Å²) in [6.45, 7) is 1.37. The molecule has 30 heavy (non-hydrogen) atoms. The van der Waals surface area contributed by atoms with Crippen molar-refractivity contribution in [2.45, 2.75) is 18.9 Å². The van der Waals surface area contributed by atoms with Gasteiger partial charge in [-0.1, -0.05) is 17.4 Å². The maximum absolute atomic E-state index is 11.9. The molecule has 0 saturated carbocycles. The van der Waals surface area contributed by atoms with E-state index in [-0.39, 0.29) is 23.8 Å². The molecule has 1 aliphatic heterocycles. The zero-order chi connectivity index (χ0) is 21.3. The van der Waals surface area contributed by atoms with E-state index < -0.39 is 0 Å². The maximum Gasteiger partial charge on any atom is 0.308 e. The summed E-state index contributed by atoms with van der Waals surface area (Å²) in [5.74, 6) is 1.05. The molecule has 4 rings (SSSR count). The molecule has 0 spiro atoms. The summed E-state index contributed by atoms with van der Waals surface area (Å²) in [6.07, 6.45) is 2.80. The minimum Gasteiger partial charge on any atom is -0.493 e. The number of likely N-dealkylation sites (tertiary alicyclic amines) is 1. The van der Waals surface area contributed by atoms with Crippen molar-refractivity contribution < 1.29 is 24.1 Å². The van der Waals surface area contributed by atoms with Crippen molar-refractivity contribution in [1.82, 2.24) is 19.5 Å². The third-order valence-electron chi connectivity index (χ3n) is 5.54. The van der Waals surface area contributed by atoms with Crippen molar-refractivity contribution in [3.8, 4) is 17.4 Å². The fraction of sp³-hybridized carbons (Fsp3) is 0.450. The molecular weight excluding hydrogens is 408 g/mol. The number of fused-ring (bicyclic) bond motifs is 1. The number of hydrogen-bond donors (Lipinski definition) is 1. The highest BCUT2D eigenvalue weighted by molar-refractivity contribution is 7.17. The first kappa shape index (κ1) is 20.4. The SMILES string of the molecule is COC(=O)C1CCN(C(c2ccc(OC)c(OC)c2)c2sc3ncnn3c2O)CC1. The number of thiazole rings is 1. The lowest BCUT2D eigenvalue weighted by Gasteiger charge is -2.36. The molecule has 1 atom stereocenters. The summed E-state index contributed by atoms with van der Waals surface area (Å²) in [5.41, 5.74) is 0.948. The van der Waals surface area contributed by atoms with Gasteiger partial charge < -0.3 is 19.3 Å². The van der Waals surface area contributed by atoms with Crippen molar-refractivity contribution in [3.05, 3.63) is 35.0 Å². The Morgan fingerprint density at radius 3 is 2.57 bits per heavy atom. The molecule has 160 valence electrons. The predicted molar refractivity (Wildman–Crippen MR) is 110 cm³/mol. The van der Waals surface area contributed by atoms with Gasteiger partial charge in [-0.05, 0) is 43.6 Å². The molecule has 0 amide bonds. The van der Waals surface area contributed by atoms with Gasteiger partial charge in [0.1, 0.15) is 6.33 Å². The largest absolute Gasteiger partial charge is 0.493 e. The zero-order valence-corrected chi connectivity index (χ0v) is 17.9. The molecule has 1 aromatic carbocycles. The second-order valence-corrected chi connectivity index (χ2v) is 8.10. The Labute approximate surface area is 177 Å². The quantitative estimate of drug-likeness (QED) is 0.593. The predicted octanol–water partition coefficient (Wildman–Crippen LogP) is 2.49. The number of nitrogens with zero attached hydrogens (tertiary/aromatic N) is 4. The summed E-state index contributed by atoms with van der Waals surface area (Å²) in [6, 6.07) is 5.51. The van der Waals surface area contributed by atoms with Crippen LogP contribution in [0.1, 0.15) is 29.3 Å². The number of carbonyl (C=O) groups is 1. The number of methoxy groups -OCH3 is 3. The van der Waals surface area contributed by atoms with Crippen molar-refractivity contribution in [2.75, 3.05) is 34.4 Å². The highest BCUT2D eigenvalue weighted by atomic mass is 32.1. The van der Waals surface area contributed by atoms with Crippen LogP contribution in [0, 0.1) is 5.92 Å². The average Bonchev–Trinajstić information content (AvgIpc) is 3.37. The summed E-state index contributed by atoms with van der Waals surface area (Å²) < 4.78 is 17.2. The molecule has 3 heterocycles. The summed E-state index contributed by atoms with van der Waals surface area (Å²) in [5, 5.41) is 15.0. The van der Waals surface area contributed by atoms with Crippen LogP contribution in [0.25, 0.3) is 4.96 Å². The molecule has 0 radical (unpaired) electrons. The van der Waals surface area contributed by atoms with Crippen LogP contribution in [0.3, 0.4) is 0 Å². The van der Waals surface area contributed by atoms with Crippen LogP contribution in [0.5, 0.6) is 17.4 Å². The second-order valence-electron chi connectivity index (χ2n) is 7.09. The van der Waals surface area contributed by atoms with Crippen molar-refractivity contribution in [1.29, 1.82) is 0 Å². The second kappa shape index (κ2) is 8.49. The minimum atomic E-state index is -0.239. The van der Waals surface area contributed by atoms with Crippen LogP contribution in [-0.4, -0.2) is 65.0 Å². The van der Waals surface area contributed by atoms with Crippen LogP contribution in [0.4, 0.5) is 0 Å². The van der Waals surface area contributed by atoms with Crippen LogP contribution in [0.2, 0.25) is 0 Å². The zero-order valence-electron chi connectivity index (χ0n) is 17.1. The Bertz CT molecular complexity index is 1040. The lowest BCUT2D eigenvalue weighted by Crippen LogP contribution is -2.39. The molecule has 2 aromatic heterocycles. The molecule has 1 aliphatic rings. The Morgan fingerprint density at radius 1 is 1.20 bits per heavy atom. The van der Waals surface area contributed by atoms with Gasteiger partial charge >= 0.3 is 5.97 Å². The summed E-state index contributed by atoms with van der Waals surface area (Å²) in [7, 11) is 4.62. The van der Waals surface area contributed by atoms with E-state index in [1.807, 2.05) is 18.2 Å². The number of piperidine rings is 1. The minimum absolute atomic E-state index is 0.0716. The van der Waals surface area contributed by atoms with E-state index in [0.29, 0.717) is 42.4 Å². The van der Waals surface area contributed by atoms with Crippen LogP contribution in [-0.2, 0) is 9.53 Å². The van der Waals surface area contributed by atoms with E-state index in [9.17, 15) is 9.90 Å². The average molecular weight is 433 g/mol. The molecule has 1 saturated heterocycles. The third-order valence-corrected chi connectivity index (χ3v) is 6.63.